The molecule has 0 spiro atoms. The molecule has 0 aliphatic rings. The number of para-hydroxylation sites is 1. The first-order valence-corrected chi connectivity index (χ1v) is 7.50. The van der Waals surface area contributed by atoms with Crippen molar-refractivity contribution >= 4 is 11.8 Å². The predicted molar refractivity (Wildman–Crippen MR) is 86.8 cm³/mol. The molecule has 0 aliphatic heterocycles. The van der Waals surface area contributed by atoms with Gasteiger partial charge in [0.1, 0.15) is 11.2 Å². The van der Waals surface area contributed by atoms with E-state index in [9.17, 15) is 9.59 Å². The predicted octanol–water partition coefficient (Wildman–Crippen LogP) is 1.90. The summed E-state index contributed by atoms with van der Waals surface area (Å²) in [5, 5.41) is 5.59. The Balaban J connectivity index is 2.57. The molecule has 2 N–H and O–H groups in total. The van der Waals surface area contributed by atoms with Crippen LogP contribution < -0.4 is 15.4 Å². The fourth-order valence-corrected chi connectivity index (χ4v) is 1.99. The molecule has 1 rings (SSSR count). The van der Waals surface area contributed by atoms with E-state index in [4.69, 9.17) is 4.74 Å². The van der Waals surface area contributed by atoms with E-state index in [-0.39, 0.29) is 17.9 Å². The van der Waals surface area contributed by atoms with Crippen LogP contribution in [0.3, 0.4) is 0 Å². The Morgan fingerprint density at radius 1 is 1.18 bits per heavy atom. The van der Waals surface area contributed by atoms with Gasteiger partial charge in [0.15, 0.2) is 0 Å². The van der Waals surface area contributed by atoms with Crippen molar-refractivity contribution in [3.8, 4) is 5.75 Å². The first-order valence-electron chi connectivity index (χ1n) is 7.50. The summed E-state index contributed by atoms with van der Waals surface area (Å²) in [6.07, 6.45) is 0.650. The third kappa shape index (κ3) is 4.76. The lowest BCUT2D eigenvalue weighted by Crippen LogP contribution is -2.49. The van der Waals surface area contributed by atoms with Crippen LogP contribution in [0.5, 0.6) is 5.75 Å². The van der Waals surface area contributed by atoms with Crippen LogP contribution in [0.15, 0.2) is 24.3 Å². The van der Waals surface area contributed by atoms with E-state index in [2.05, 4.69) is 10.6 Å². The number of methoxy groups -OCH3 is 1. The van der Waals surface area contributed by atoms with Crippen molar-refractivity contribution in [3.63, 3.8) is 0 Å². The van der Waals surface area contributed by atoms with Gasteiger partial charge < -0.3 is 15.4 Å². The molecule has 0 saturated heterocycles. The third-order valence-corrected chi connectivity index (χ3v) is 3.43. The zero-order chi connectivity index (χ0) is 16.8. The van der Waals surface area contributed by atoms with E-state index >= 15 is 0 Å². The molecule has 0 radical (unpaired) electrons. The second-order valence-corrected chi connectivity index (χ2v) is 6.07. The highest BCUT2D eigenvalue weighted by molar-refractivity contribution is 6.04. The summed E-state index contributed by atoms with van der Waals surface area (Å²) in [4.78, 5) is 24.3. The van der Waals surface area contributed by atoms with Gasteiger partial charge in [-0.1, -0.05) is 18.2 Å². The number of hydrogen-bond donors (Lipinski definition) is 2. The molecule has 0 unspecified atom stereocenters. The summed E-state index contributed by atoms with van der Waals surface area (Å²) in [5.41, 5.74) is -0.0693. The lowest BCUT2D eigenvalue weighted by Gasteiger charge is -2.24. The van der Waals surface area contributed by atoms with Crippen molar-refractivity contribution in [1.29, 1.82) is 0 Å². The largest absolute Gasteiger partial charge is 0.496 e. The van der Waals surface area contributed by atoms with Crippen LogP contribution in [0, 0.1) is 5.41 Å². The molecule has 22 heavy (non-hydrogen) atoms. The molecule has 122 valence electrons. The molecule has 0 saturated carbocycles. The second kappa shape index (κ2) is 7.82. The molecular weight excluding hydrogens is 280 g/mol. The Hall–Kier alpha value is -2.04. The standard InChI is InChI=1S/C17H26N2O3/c1-12(2)19-16(21)17(3,4)15(20)18-11-10-13-8-6-7-9-14(13)22-5/h6-9,12H,10-11H2,1-5H3,(H,18,20)(H,19,21). The number of nitrogens with one attached hydrogen (secondary N) is 2. The zero-order valence-electron chi connectivity index (χ0n) is 14.0. The molecule has 0 aliphatic carbocycles. The molecule has 0 fully saturated rings. The Morgan fingerprint density at radius 3 is 2.41 bits per heavy atom. The van der Waals surface area contributed by atoms with Gasteiger partial charge in [-0.3, -0.25) is 9.59 Å². The summed E-state index contributed by atoms with van der Waals surface area (Å²) in [7, 11) is 1.62. The first kappa shape index (κ1) is 18.0. The van der Waals surface area contributed by atoms with E-state index in [0.717, 1.165) is 11.3 Å². The van der Waals surface area contributed by atoms with Crippen molar-refractivity contribution in [2.24, 2.45) is 5.41 Å². The van der Waals surface area contributed by atoms with Gasteiger partial charge in [0.05, 0.1) is 7.11 Å². The molecule has 0 bridgehead atoms. The fourth-order valence-electron chi connectivity index (χ4n) is 1.99. The van der Waals surface area contributed by atoms with Crippen LogP contribution >= 0.6 is 0 Å². The first-order chi connectivity index (χ1) is 10.3. The Labute approximate surface area is 132 Å². The van der Waals surface area contributed by atoms with Gasteiger partial charge in [-0.05, 0) is 45.7 Å². The third-order valence-electron chi connectivity index (χ3n) is 3.43. The zero-order valence-corrected chi connectivity index (χ0v) is 14.0. The Kier molecular flexibility index (Phi) is 6.40. The summed E-state index contributed by atoms with van der Waals surface area (Å²) in [6, 6.07) is 7.69. The Morgan fingerprint density at radius 2 is 1.82 bits per heavy atom. The van der Waals surface area contributed by atoms with Gasteiger partial charge in [0.2, 0.25) is 11.8 Å². The van der Waals surface area contributed by atoms with Crippen LogP contribution in [-0.2, 0) is 16.0 Å². The van der Waals surface area contributed by atoms with Gasteiger partial charge in [0.25, 0.3) is 0 Å². The minimum atomic E-state index is -1.09. The average Bonchev–Trinajstić information content (AvgIpc) is 2.46. The SMILES string of the molecule is COc1ccccc1CCNC(=O)C(C)(C)C(=O)NC(C)C. The average molecular weight is 306 g/mol. The van der Waals surface area contributed by atoms with Gasteiger partial charge >= 0.3 is 0 Å². The number of rotatable bonds is 7. The highest BCUT2D eigenvalue weighted by Crippen LogP contribution is 2.18. The minimum absolute atomic E-state index is 0.00755. The second-order valence-electron chi connectivity index (χ2n) is 6.07. The van der Waals surface area contributed by atoms with Crippen LogP contribution in [0.4, 0.5) is 0 Å². The molecule has 2 amide bonds. The summed E-state index contributed by atoms with van der Waals surface area (Å²) in [6.45, 7) is 7.45. The summed E-state index contributed by atoms with van der Waals surface area (Å²) >= 11 is 0. The smallest absolute Gasteiger partial charge is 0.235 e. The van der Waals surface area contributed by atoms with Crippen molar-refractivity contribution < 1.29 is 14.3 Å². The van der Waals surface area contributed by atoms with Crippen molar-refractivity contribution in [2.75, 3.05) is 13.7 Å². The van der Waals surface area contributed by atoms with Gasteiger partial charge in [-0.2, -0.15) is 0 Å². The molecule has 0 heterocycles. The number of hydrogen-bond acceptors (Lipinski definition) is 3. The molecule has 1 aromatic rings. The van der Waals surface area contributed by atoms with Gasteiger partial charge in [-0.25, -0.2) is 0 Å². The van der Waals surface area contributed by atoms with E-state index in [1.54, 1.807) is 21.0 Å². The lowest BCUT2D eigenvalue weighted by atomic mass is 9.90. The fraction of sp³-hybridized carbons (Fsp3) is 0.529. The topological polar surface area (TPSA) is 67.4 Å². The normalized spacial score (nSPS) is 11.2. The van der Waals surface area contributed by atoms with Gasteiger partial charge in [-0.15, -0.1) is 0 Å². The van der Waals surface area contributed by atoms with Crippen molar-refractivity contribution in [2.45, 2.75) is 40.2 Å². The molecule has 5 nitrogen and oxygen atoms in total. The quantitative estimate of drug-likeness (QED) is 0.756. The van der Waals surface area contributed by atoms with Crippen molar-refractivity contribution in [3.05, 3.63) is 29.8 Å². The van der Waals surface area contributed by atoms with E-state index in [1.165, 1.54) is 0 Å². The maximum absolute atomic E-state index is 12.2. The summed E-state index contributed by atoms with van der Waals surface area (Å²) < 4.78 is 5.28. The Bertz CT molecular complexity index is 524. The maximum atomic E-state index is 12.2. The van der Waals surface area contributed by atoms with Crippen LogP contribution in [-0.4, -0.2) is 31.5 Å². The maximum Gasteiger partial charge on any atom is 0.235 e. The number of carbonyl (C=O) groups excluding carboxylic acids is 2. The molecule has 0 aromatic heterocycles. The lowest BCUT2D eigenvalue weighted by molar-refractivity contribution is -0.141. The minimum Gasteiger partial charge on any atom is -0.496 e. The number of carbonyl (C=O) groups is 2. The van der Waals surface area contributed by atoms with Gasteiger partial charge in [0, 0.05) is 12.6 Å². The molecule has 5 heteroatoms. The van der Waals surface area contributed by atoms with Crippen LogP contribution in [0.1, 0.15) is 33.3 Å². The molecule has 1 aromatic carbocycles. The summed E-state index contributed by atoms with van der Waals surface area (Å²) in [5.74, 6) is 0.256. The monoisotopic (exact) mass is 306 g/mol. The highest BCUT2D eigenvalue weighted by atomic mass is 16.5. The van der Waals surface area contributed by atoms with Crippen LogP contribution in [0.25, 0.3) is 0 Å². The number of benzene rings is 1. The van der Waals surface area contributed by atoms with E-state index in [0.29, 0.717) is 13.0 Å². The van der Waals surface area contributed by atoms with Crippen molar-refractivity contribution in [1.82, 2.24) is 10.6 Å². The molecular formula is C17H26N2O3. The van der Waals surface area contributed by atoms with E-state index < -0.39 is 5.41 Å². The molecule has 0 atom stereocenters. The highest BCUT2D eigenvalue weighted by Gasteiger charge is 2.35. The number of ether oxygens (including phenoxy) is 1. The van der Waals surface area contributed by atoms with Crippen LogP contribution in [0.2, 0.25) is 0 Å². The van der Waals surface area contributed by atoms with E-state index in [1.807, 2.05) is 38.1 Å². The number of amides is 2.